The lowest BCUT2D eigenvalue weighted by Crippen LogP contribution is -2.63. The number of methoxy groups -OCH3 is 1. The molecule has 0 aromatic carbocycles. The van der Waals surface area contributed by atoms with Gasteiger partial charge in [0.15, 0.2) is 24.8 Å². The second-order valence-electron chi connectivity index (χ2n) is 12.9. The molecule has 5 aliphatic rings. The third-order valence-corrected chi connectivity index (χ3v) is 10.1. The van der Waals surface area contributed by atoms with E-state index in [1.54, 1.807) is 0 Å². The van der Waals surface area contributed by atoms with Gasteiger partial charge < -0.3 is 74.4 Å². The first-order valence-electron chi connectivity index (χ1n) is 15.3. The Balaban J connectivity index is 1.30. The predicted octanol–water partition coefficient (Wildman–Crippen LogP) is -4.00. The van der Waals surface area contributed by atoms with Gasteiger partial charge >= 0.3 is 0 Å². The van der Waals surface area contributed by atoms with Crippen molar-refractivity contribution in [3.05, 3.63) is 0 Å². The lowest BCUT2D eigenvalue weighted by Gasteiger charge is -2.48. The first-order valence-corrected chi connectivity index (χ1v) is 15.3. The fraction of sp³-hybridized carbons (Fsp3) is 1.00. The monoisotopic (exact) mass is 625 g/mol. The van der Waals surface area contributed by atoms with Crippen molar-refractivity contribution in [2.45, 2.75) is 150 Å². The van der Waals surface area contributed by atoms with Gasteiger partial charge in [0.05, 0.1) is 43.0 Å². The Labute approximate surface area is 249 Å². The molecule has 10 N–H and O–H groups in total. The average molecular weight is 626 g/mol. The van der Waals surface area contributed by atoms with E-state index in [-0.39, 0.29) is 24.4 Å². The minimum atomic E-state index is -1.68. The summed E-state index contributed by atoms with van der Waals surface area (Å²) in [4.78, 5) is 0. The van der Waals surface area contributed by atoms with Gasteiger partial charge in [0.25, 0.3) is 0 Å². The largest absolute Gasteiger partial charge is 0.427 e. The summed E-state index contributed by atoms with van der Waals surface area (Å²) in [6, 6.07) is 0. The molecule has 0 bridgehead atoms. The number of hydrogen-bond donors (Lipinski definition) is 9. The molecular formula is C28H49O15+. The van der Waals surface area contributed by atoms with E-state index in [4.69, 9.17) is 28.4 Å². The molecule has 0 aromatic heterocycles. The van der Waals surface area contributed by atoms with Gasteiger partial charge in [0, 0.05) is 25.9 Å². The highest BCUT2D eigenvalue weighted by molar-refractivity contribution is 4.98. The molecule has 3 saturated heterocycles. The molecule has 2 aliphatic carbocycles. The number of aliphatic hydroxyl groups excluding tert-OH is 9. The van der Waals surface area contributed by atoms with Gasteiger partial charge in [0.1, 0.15) is 48.8 Å². The molecular weight excluding hydrogens is 576 g/mol. The van der Waals surface area contributed by atoms with Gasteiger partial charge in [-0.15, -0.1) is 0 Å². The Kier molecular flexibility index (Phi) is 11.0. The van der Waals surface area contributed by atoms with E-state index in [0.29, 0.717) is 32.1 Å². The molecule has 9 unspecified atom stereocenters. The van der Waals surface area contributed by atoms with Crippen LogP contribution < -0.4 is 0 Å². The summed E-state index contributed by atoms with van der Waals surface area (Å²) >= 11 is 0. The molecule has 15 heteroatoms. The van der Waals surface area contributed by atoms with Gasteiger partial charge in [-0.05, 0) is 32.6 Å². The summed E-state index contributed by atoms with van der Waals surface area (Å²) in [5.74, 6) is -0.374. The van der Waals surface area contributed by atoms with Crippen LogP contribution in [0.2, 0.25) is 0 Å². The number of hydrogen-bond acceptors (Lipinski definition) is 14. The van der Waals surface area contributed by atoms with Gasteiger partial charge in [-0.1, -0.05) is 0 Å². The van der Waals surface area contributed by atoms with Crippen LogP contribution in [0.4, 0.5) is 0 Å². The third-order valence-electron chi connectivity index (χ3n) is 10.1. The van der Waals surface area contributed by atoms with Crippen LogP contribution in [0.1, 0.15) is 45.4 Å². The Morgan fingerprint density at radius 1 is 0.698 bits per heavy atom. The molecule has 0 aromatic rings. The van der Waals surface area contributed by atoms with Crippen LogP contribution in [-0.4, -0.2) is 169 Å². The minimum Gasteiger partial charge on any atom is -0.427 e. The maximum absolute atomic E-state index is 10.9. The summed E-state index contributed by atoms with van der Waals surface area (Å²) < 4.78 is 33.7. The maximum Gasteiger partial charge on any atom is 0.187 e. The topological polar surface area (TPSA) is 241 Å². The molecule has 0 radical (unpaired) electrons. The normalized spacial score (nSPS) is 54.6. The van der Waals surface area contributed by atoms with E-state index in [2.05, 4.69) is 0 Å². The molecule has 19 atom stereocenters. The van der Waals surface area contributed by atoms with Crippen LogP contribution in [0.25, 0.3) is 0 Å². The van der Waals surface area contributed by atoms with Gasteiger partial charge in [-0.25, -0.2) is 0 Å². The summed E-state index contributed by atoms with van der Waals surface area (Å²) in [7, 11) is 1.54. The summed E-state index contributed by atoms with van der Waals surface area (Å²) in [5.41, 5.74) is 0. The van der Waals surface area contributed by atoms with Crippen LogP contribution in [0.15, 0.2) is 0 Å². The average Bonchev–Trinajstić information content (AvgIpc) is 2.98. The highest BCUT2D eigenvalue weighted by Gasteiger charge is 2.55. The van der Waals surface area contributed by atoms with Crippen molar-refractivity contribution in [2.75, 3.05) is 13.7 Å². The molecule has 0 spiro atoms. The van der Waals surface area contributed by atoms with Crippen molar-refractivity contribution in [1.82, 2.24) is 0 Å². The molecule has 43 heavy (non-hydrogen) atoms. The van der Waals surface area contributed by atoms with E-state index in [9.17, 15) is 46.0 Å². The Morgan fingerprint density at radius 2 is 1.40 bits per heavy atom. The lowest BCUT2D eigenvalue weighted by molar-refractivity contribution is -0.362. The first-order chi connectivity index (χ1) is 20.4. The standard InChI is InChI=1S/C28H48O15/c1-10-20(32)22(34)24(36)27(40-10)39-9-19-21(33)23(35)25(37)28(43-19)42-18-8-13-15(31)6-12(29)7-16(13)41-26(18)11-3-4-14(30)17(5-11)38-2/h10-37H,3-9H2,1-2H3/p+1/t10-,11?,12?,13?,14?,15?,16?,17?,18?,19-,20-,21-,22+,23+,24-,25-,26?,27-,28-/m1/s1. The second kappa shape index (κ2) is 14.0. The van der Waals surface area contributed by atoms with E-state index in [1.807, 2.05) is 0 Å². The Bertz CT molecular complexity index is 898. The number of fused-ring (bicyclic) bond motifs is 1. The van der Waals surface area contributed by atoms with Crippen LogP contribution in [-0.2, 0) is 23.7 Å². The van der Waals surface area contributed by atoms with Gasteiger partial charge in [-0.3, -0.25) is 0 Å². The third kappa shape index (κ3) is 7.06. The number of rotatable bonds is 7. The van der Waals surface area contributed by atoms with Crippen LogP contribution >= 0.6 is 0 Å². The van der Waals surface area contributed by atoms with E-state index >= 15 is 0 Å². The fourth-order valence-corrected chi connectivity index (χ4v) is 7.42. The van der Waals surface area contributed by atoms with Crippen LogP contribution in [0.5, 0.6) is 0 Å². The number of aliphatic hydroxyl groups is 11. The quantitative estimate of drug-likeness (QED) is 0.123. The predicted molar refractivity (Wildman–Crippen MR) is 143 cm³/mol. The van der Waals surface area contributed by atoms with E-state index < -0.39 is 105 Å². The maximum atomic E-state index is 10.9. The minimum absolute atomic E-state index is 0.0698. The SMILES string of the molecule is COC1CC(C2[OH+]C3CC(O)CC(O)C3CC2O[C@@H]2O[C@H](CO[C@@H]3O[C@H](C)[C@@H](O)[C@H](O)[C@H]3O)[C@@H](O)[C@H](O)[C@H]2O)CCC1O. The highest BCUT2D eigenvalue weighted by Crippen LogP contribution is 2.42. The molecule has 250 valence electrons. The summed E-state index contributed by atoms with van der Waals surface area (Å²) in [6.07, 6.45) is -15.6. The zero-order chi connectivity index (χ0) is 31.2. The van der Waals surface area contributed by atoms with Crippen LogP contribution in [0.3, 0.4) is 0 Å². The van der Waals surface area contributed by atoms with Crippen LogP contribution in [0, 0.1) is 11.8 Å². The van der Waals surface area contributed by atoms with Gasteiger partial charge in [-0.2, -0.15) is 0 Å². The van der Waals surface area contributed by atoms with E-state index in [1.165, 1.54) is 14.0 Å². The van der Waals surface area contributed by atoms with Crippen molar-refractivity contribution in [1.29, 1.82) is 0 Å². The highest BCUT2D eigenvalue weighted by atomic mass is 16.7. The van der Waals surface area contributed by atoms with Crippen molar-refractivity contribution >= 4 is 0 Å². The summed E-state index contributed by atoms with van der Waals surface area (Å²) in [6.45, 7) is 1.08. The molecule has 5 fully saturated rings. The lowest BCUT2D eigenvalue weighted by atomic mass is 9.72. The van der Waals surface area contributed by atoms with Crippen molar-refractivity contribution < 1.29 is 74.4 Å². The zero-order valence-electron chi connectivity index (χ0n) is 24.4. The fourth-order valence-electron chi connectivity index (χ4n) is 7.42. The molecule has 3 heterocycles. The van der Waals surface area contributed by atoms with Crippen molar-refractivity contribution in [2.24, 2.45) is 11.8 Å². The second-order valence-corrected chi connectivity index (χ2v) is 12.9. The summed E-state index contributed by atoms with van der Waals surface area (Å²) in [5, 5.41) is 93.9. The van der Waals surface area contributed by atoms with Gasteiger partial charge in [0.2, 0.25) is 0 Å². The van der Waals surface area contributed by atoms with Crippen molar-refractivity contribution in [3.63, 3.8) is 0 Å². The Hall–Kier alpha value is -0.600. The smallest absolute Gasteiger partial charge is 0.187 e. The van der Waals surface area contributed by atoms with E-state index in [0.717, 1.165) is 0 Å². The first kappa shape index (κ1) is 33.8. The zero-order valence-corrected chi connectivity index (χ0v) is 24.4. The molecule has 3 aliphatic heterocycles. The number of ether oxygens (including phenoxy) is 6. The molecule has 0 amide bonds. The van der Waals surface area contributed by atoms with Crippen molar-refractivity contribution in [3.8, 4) is 0 Å². The molecule has 2 saturated carbocycles. The molecule has 15 nitrogen and oxygen atoms in total. The molecule has 5 rings (SSSR count). The Morgan fingerprint density at radius 3 is 2.12 bits per heavy atom.